The van der Waals surface area contributed by atoms with E-state index in [2.05, 4.69) is 15.5 Å². The fourth-order valence-electron chi connectivity index (χ4n) is 2.64. The first kappa shape index (κ1) is 17.8. The molecule has 0 bridgehead atoms. The maximum atomic E-state index is 12.3. The van der Waals surface area contributed by atoms with E-state index in [9.17, 15) is 4.79 Å². The molecule has 0 saturated heterocycles. The van der Waals surface area contributed by atoms with Gasteiger partial charge in [-0.1, -0.05) is 65.8 Å². The second-order valence-electron chi connectivity index (χ2n) is 6.24. The van der Waals surface area contributed by atoms with Gasteiger partial charge in [-0.15, -0.1) is 0 Å². The first-order valence-electron chi connectivity index (χ1n) is 8.58. The largest absolute Gasteiger partial charge is 0.343 e. The van der Waals surface area contributed by atoms with Crippen LogP contribution in [0.4, 0.5) is 0 Å². The number of aromatic nitrogens is 2. The van der Waals surface area contributed by atoms with E-state index in [-0.39, 0.29) is 5.91 Å². The van der Waals surface area contributed by atoms with Crippen molar-refractivity contribution in [3.8, 4) is 0 Å². The van der Waals surface area contributed by atoms with E-state index >= 15 is 0 Å². The number of nitrogens with two attached hydrogens (primary N) is 1. The lowest BCUT2D eigenvalue weighted by Gasteiger charge is -2.15. The summed E-state index contributed by atoms with van der Waals surface area (Å²) in [6, 6.07) is 18.5. The van der Waals surface area contributed by atoms with E-state index in [1.165, 1.54) is 0 Å². The van der Waals surface area contributed by atoms with Gasteiger partial charge in [-0.2, -0.15) is 4.98 Å². The monoisotopic (exact) mass is 350 g/mol. The van der Waals surface area contributed by atoms with Crippen LogP contribution in [0.5, 0.6) is 0 Å². The molecule has 1 heterocycles. The molecule has 134 valence electrons. The Balaban J connectivity index is 1.56. The molecular weight excluding hydrogens is 328 g/mol. The predicted molar refractivity (Wildman–Crippen MR) is 98.2 cm³/mol. The van der Waals surface area contributed by atoms with Gasteiger partial charge in [-0.05, 0) is 24.5 Å². The number of hydrogen-bond acceptors (Lipinski definition) is 5. The van der Waals surface area contributed by atoms with E-state index < -0.39 is 12.1 Å². The first-order valence-corrected chi connectivity index (χ1v) is 8.58. The fourth-order valence-corrected chi connectivity index (χ4v) is 2.64. The van der Waals surface area contributed by atoms with Crippen molar-refractivity contribution < 1.29 is 9.32 Å². The number of hydrogen-bond donors (Lipinski definition) is 2. The third kappa shape index (κ3) is 4.77. The van der Waals surface area contributed by atoms with Crippen molar-refractivity contribution in [2.45, 2.75) is 31.8 Å². The lowest BCUT2D eigenvalue weighted by atomic mass is 10.1. The molecular formula is C20H22N4O2. The molecule has 1 unspecified atom stereocenters. The summed E-state index contributed by atoms with van der Waals surface area (Å²) in [4.78, 5) is 16.7. The average Bonchev–Trinajstić information content (AvgIpc) is 3.12. The Morgan fingerprint density at radius 3 is 2.35 bits per heavy atom. The molecule has 3 N–H and O–H groups in total. The van der Waals surface area contributed by atoms with E-state index in [4.69, 9.17) is 10.3 Å². The molecule has 0 spiro atoms. The summed E-state index contributed by atoms with van der Waals surface area (Å²) in [5, 5.41) is 6.82. The Hall–Kier alpha value is -2.99. The van der Waals surface area contributed by atoms with Gasteiger partial charge in [-0.3, -0.25) is 4.79 Å². The van der Waals surface area contributed by atoms with E-state index in [1.807, 2.05) is 60.7 Å². The molecule has 2 atom stereocenters. The SMILES string of the molecule is CC(NC(=O)[C@@H](N)Cc1ccccc1)c1nc(Cc2ccccc2)no1. The van der Waals surface area contributed by atoms with E-state index in [1.54, 1.807) is 6.92 Å². The van der Waals surface area contributed by atoms with Crippen molar-refractivity contribution in [3.05, 3.63) is 83.5 Å². The van der Waals surface area contributed by atoms with Gasteiger partial charge in [0, 0.05) is 6.42 Å². The topological polar surface area (TPSA) is 94.0 Å². The molecule has 3 aromatic rings. The summed E-state index contributed by atoms with van der Waals surface area (Å²) in [5.74, 6) is 0.709. The fraction of sp³-hybridized carbons (Fsp3) is 0.250. The van der Waals surface area contributed by atoms with Crippen LogP contribution >= 0.6 is 0 Å². The van der Waals surface area contributed by atoms with Gasteiger partial charge in [0.05, 0.1) is 6.04 Å². The van der Waals surface area contributed by atoms with Crippen molar-refractivity contribution in [2.75, 3.05) is 0 Å². The lowest BCUT2D eigenvalue weighted by molar-refractivity contribution is -0.123. The normalized spacial score (nSPS) is 13.2. The number of carbonyl (C=O) groups is 1. The molecule has 0 radical (unpaired) electrons. The maximum Gasteiger partial charge on any atom is 0.248 e. The van der Waals surface area contributed by atoms with Gasteiger partial charge in [0.15, 0.2) is 5.82 Å². The van der Waals surface area contributed by atoms with E-state index in [0.29, 0.717) is 24.6 Å². The highest BCUT2D eigenvalue weighted by Gasteiger charge is 2.20. The van der Waals surface area contributed by atoms with Crippen LogP contribution in [0.15, 0.2) is 65.2 Å². The van der Waals surface area contributed by atoms with Crippen LogP contribution in [0, 0.1) is 0 Å². The number of nitrogens with one attached hydrogen (secondary N) is 1. The molecule has 0 saturated carbocycles. The second kappa shape index (κ2) is 8.40. The molecule has 6 heteroatoms. The Morgan fingerprint density at radius 2 is 1.69 bits per heavy atom. The highest BCUT2D eigenvalue weighted by molar-refractivity contribution is 5.82. The van der Waals surface area contributed by atoms with Gasteiger partial charge in [0.2, 0.25) is 11.8 Å². The van der Waals surface area contributed by atoms with Crippen LogP contribution in [0.25, 0.3) is 0 Å². The zero-order valence-electron chi connectivity index (χ0n) is 14.6. The zero-order valence-corrected chi connectivity index (χ0v) is 14.6. The standard InChI is InChI=1S/C20H22N4O2/c1-14(22-19(25)17(21)12-15-8-4-2-5-9-15)20-23-18(24-26-20)13-16-10-6-3-7-11-16/h2-11,14,17H,12-13,21H2,1H3,(H,22,25)/t14?,17-/m0/s1. The molecule has 0 aliphatic heterocycles. The average molecular weight is 350 g/mol. The van der Waals surface area contributed by atoms with Crippen molar-refractivity contribution in [3.63, 3.8) is 0 Å². The van der Waals surface area contributed by atoms with Crippen LogP contribution in [-0.2, 0) is 17.6 Å². The van der Waals surface area contributed by atoms with Crippen LogP contribution in [-0.4, -0.2) is 22.1 Å². The molecule has 3 rings (SSSR count). The van der Waals surface area contributed by atoms with Gasteiger partial charge in [0.1, 0.15) is 6.04 Å². The Labute approximate surface area is 152 Å². The molecule has 1 aromatic heterocycles. The summed E-state index contributed by atoms with van der Waals surface area (Å²) in [6.45, 7) is 1.80. The second-order valence-corrected chi connectivity index (χ2v) is 6.24. The highest BCUT2D eigenvalue weighted by atomic mass is 16.5. The maximum absolute atomic E-state index is 12.3. The number of rotatable bonds is 7. The summed E-state index contributed by atoms with van der Waals surface area (Å²) in [5.41, 5.74) is 8.12. The first-order chi connectivity index (χ1) is 12.6. The predicted octanol–water partition coefficient (Wildman–Crippen LogP) is 2.41. The van der Waals surface area contributed by atoms with Gasteiger partial charge < -0.3 is 15.6 Å². The van der Waals surface area contributed by atoms with Crippen molar-refractivity contribution in [2.24, 2.45) is 5.73 Å². The quantitative estimate of drug-likeness (QED) is 0.682. The zero-order chi connectivity index (χ0) is 18.4. The summed E-state index contributed by atoms with van der Waals surface area (Å²) < 4.78 is 5.28. The molecule has 6 nitrogen and oxygen atoms in total. The van der Waals surface area contributed by atoms with Crippen LogP contribution in [0.2, 0.25) is 0 Å². The van der Waals surface area contributed by atoms with Gasteiger partial charge in [-0.25, -0.2) is 0 Å². The van der Waals surface area contributed by atoms with Crippen LogP contribution in [0.3, 0.4) is 0 Å². The van der Waals surface area contributed by atoms with Crippen LogP contribution in [0.1, 0.15) is 35.8 Å². The summed E-state index contributed by atoms with van der Waals surface area (Å²) in [7, 11) is 0. The number of carbonyl (C=O) groups excluding carboxylic acids is 1. The third-order valence-electron chi connectivity index (χ3n) is 4.05. The Morgan fingerprint density at radius 1 is 1.08 bits per heavy atom. The number of nitrogens with zero attached hydrogens (tertiary/aromatic N) is 2. The van der Waals surface area contributed by atoms with Crippen molar-refractivity contribution in [1.29, 1.82) is 0 Å². The highest BCUT2D eigenvalue weighted by Crippen LogP contribution is 2.13. The molecule has 0 aliphatic rings. The minimum Gasteiger partial charge on any atom is -0.343 e. The number of amides is 1. The van der Waals surface area contributed by atoms with Crippen LogP contribution < -0.4 is 11.1 Å². The Bertz CT molecular complexity index is 833. The molecule has 1 amide bonds. The molecule has 0 fully saturated rings. The smallest absolute Gasteiger partial charge is 0.248 e. The molecule has 26 heavy (non-hydrogen) atoms. The molecule has 2 aromatic carbocycles. The van der Waals surface area contributed by atoms with Crippen molar-refractivity contribution >= 4 is 5.91 Å². The summed E-state index contributed by atoms with van der Waals surface area (Å²) >= 11 is 0. The van der Waals surface area contributed by atoms with Crippen molar-refractivity contribution in [1.82, 2.24) is 15.5 Å². The van der Waals surface area contributed by atoms with Gasteiger partial charge >= 0.3 is 0 Å². The Kier molecular flexibility index (Phi) is 5.76. The minimum atomic E-state index is -0.633. The van der Waals surface area contributed by atoms with E-state index in [0.717, 1.165) is 11.1 Å². The van der Waals surface area contributed by atoms with Gasteiger partial charge in [0.25, 0.3) is 0 Å². The summed E-state index contributed by atoms with van der Waals surface area (Å²) in [6.07, 6.45) is 1.06. The lowest BCUT2D eigenvalue weighted by Crippen LogP contribution is -2.43. The third-order valence-corrected chi connectivity index (χ3v) is 4.05. The minimum absolute atomic E-state index is 0.246. The molecule has 0 aliphatic carbocycles. The number of benzene rings is 2.